The van der Waals surface area contributed by atoms with Crippen LogP contribution in [0.2, 0.25) is 0 Å². The minimum Gasteiger partial charge on any atom is -0.314 e. The molecule has 0 spiro atoms. The summed E-state index contributed by atoms with van der Waals surface area (Å²) in [5, 5.41) is 3.60. The lowest BCUT2D eigenvalue weighted by atomic mass is 9.95. The van der Waals surface area contributed by atoms with E-state index < -0.39 is 0 Å². The van der Waals surface area contributed by atoms with Crippen LogP contribution in [0.25, 0.3) is 0 Å². The molecule has 2 rings (SSSR count). The van der Waals surface area contributed by atoms with E-state index in [1.54, 1.807) is 0 Å². The molecule has 3 atom stereocenters. The molecule has 1 heterocycles. The van der Waals surface area contributed by atoms with Crippen LogP contribution >= 0.6 is 0 Å². The summed E-state index contributed by atoms with van der Waals surface area (Å²) in [5.74, 6) is 0. The number of benzene rings is 1. The number of hydrogen-bond acceptors (Lipinski definition) is 2. The zero-order chi connectivity index (χ0) is 13.7. The first-order valence-electron chi connectivity index (χ1n) is 7.73. The van der Waals surface area contributed by atoms with Crippen molar-refractivity contribution in [3.05, 3.63) is 35.9 Å². The number of nitrogens with one attached hydrogen (secondary N) is 1. The first-order valence-corrected chi connectivity index (χ1v) is 7.73. The van der Waals surface area contributed by atoms with Crippen molar-refractivity contribution in [2.45, 2.75) is 58.2 Å². The van der Waals surface area contributed by atoms with Crippen LogP contribution in [0.5, 0.6) is 0 Å². The average Bonchev–Trinajstić information content (AvgIpc) is 2.40. The average molecular weight is 260 g/mol. The molecule has 1 N–H and O–H groups in total. The lowest BCUT2D eigenvalue weighted by Crippen LogP contribution is -2.51. The summed E-state index contributed by atoms with van der Waals surface area (Å²) in [6.45, 7) is 9.28. The van der Waals surface area contributed by atoms with Gasteiger partial charge in [0.2, 0.25) is 0 Å². The maximum atomic E-state index is 3.60. The summed E-state index contributed by atoms with van der Waals surface area (Å²) >= 11 is 0. The fourth-order valence-corrected chi connectivity index (χ4v) is 3.39. The lowest BCUT2D eigenvalue weighted by Gasteiger charge is -2.41. The Morgan fingerprint density at radius 1 is 1.32 bits per heavy atom. The Hall–Kier alpha value is -0.860. The number of nitrogens with zero attached hydrogens (tertiary/aromatic N) is 1. The third-order valence-electron chi connectivity index (χ3n) is 4.36. The number of hydrogen-bond donors (Lipinski definition) is 1. The summed E-state index contributed by atoms with van der Waals surface area (Å²) in [4.78, 5) is 2.68. The van der Waals surface area contributed by atoms with E-state index in [9.17, 15) is 0 Å². The van der Waals surface area contributed by atoms with Crippen LogP contribution in [0.15, 0.2) is 30.3 Å². The van der Waals surface area contributed by atoms with Gasteiger partial charge in [0.15, 0.2) is 0 Å². The van der Waals surface area contributed by atoms with Gasteiger partial charge in [-0.05, 0) is 45.2 Å². The van der Waals surface area contributed by atoms with E-state index in [0.29, 0.717) is 12.1 Å². The largest absolute Gasteiger partial charge is 0.314 e. The molecule has 106 valence electrons. The Morgan fingerprint density at radius 2 is 2.05 bits per heavy atom. The number of rotatable bonds is 5. The lowest BCUT2D eigenvalue weighted by molar-refractivity contribution is 0.0959. The summed E-state index contributed by atoms with van der Waals surface area (Å²) in [6.07, 6.45) is 3.74. The highest BCUT2D eigenvalue weighted by atomic mass is 15.2. The van der Waals surface area contributed by atoms with Gasteiger partial charge in [-0.15, -0.1) is 0 Å². The van der Waals surface area contributed by atoms with E-state index in [1.165, 1.54) is 24.9 Å². The van der Waals surface area contributed by atoms with Gasteiger partial charge in [-0.25, -0.2) is 0 Å². The highest BCUT2D eigenvalue weighted by Crippen LogP contribution is 2.21. The summed E-state index contributed by atoms with van der Waals surface area (Å²) in [7, 11) is 0. The quantitative estimate of drug-likeness (QED) is 0.875. The van der Waals surface area contributed by atoms with Crippen molar-refractivity contribution in [2.24, 2.45) is 0 Å². The maximum Gasteiger partial charge on any atom is 0.0110 e. The second-order valence-corrected chi connectivity index (χ2v) is 5.90. The van der Waals surface area contributed by atoms with Crippen molar-refractivity contribution in [1.29, 1.82) is 0 Å². The molecule has 1 saturated heterocycles. The van der Waals surface area contributed by atoms with Crippen LogP contribution in [0.1, 0.15) is 39.2 Å². The fourth-order valence-electron chi connectivity index (χ4n) is 3.39. The highest BCUT2D eigenvalue weighted by molar-refractivity contribution is 5.15. The van der Waals surface area contributed by atoms with Crippen LogP contribution in [0.4, 0.5) is 0 Å². The molecule has 1 aromatic carbocycles. The van der Waals surface area contributed by atoms with E-state index in [0.717, 1.165) is 19.0 Å². The van der Waals surface area contributed by atoms with E-state index in [-0.39, 0.29) is 0 Å². The standard InChI is InChI=1S/C17H28N2/c1-4-18-17-10-11-19(15(3)13-17)14(2)12-16-8-6-5-7-9-16/h5-9,14-15,17-18H,4,10-13H2,1-3H3. The summed E-state index contributed by atoms with van der Waals surface area (Å²) < 4.78 is 0. The Balaban J connectivity index is 1.88. The smallest absolute Gasteiger partial charge is 0.0110 e. The minimum atomic E-state index is 0.639. The molecule has 0 aromatic heterocycles. The third-order valence-corrected chi connectivity index (χ3v) is 4.36. The molecule has 1 fully saturated rings. The van der Waals surface area contributed by atoms with Gasteiger partial charge in [0, 0.05) is 24.7 Å². The van der Waals surface area contributed by atoms with Crippen LogP contribution in [-0.2, 0) is 6.42 Å². The number of likely N-dealkylation sites (tertiary alicyclic amines) is 1. The summed E-state index contributed by atoms with van der Waals surface area (Å²) in [5.41, 5.74) is 1.45. The van der Waals surface area contributed by atoms with Gasteiger partial charge in [-0.3, -0.25) is 4.90 Å². The molecule has 0 radical (unpaired) electrons. The molecule has 1 aromatic rings. The first kappa shape index (κ1) is 14.5. The molecular weight excluding hydrogens is 232 g/mol. The zero-order valence-electron chi connectivity index (χ0n) is 12.6. The van der Waals surface area contributed by atoms with Crippen LogP contribution < -0.4 is 5.32 Å². The van der Waals surface area contributed by atoms with E-state index in [2.05, 4.69) is 61.3 Å². The maximum absolute atomic E-state index is 3.60. The normalized spacial score (nSPS) is 26.3. The molecule has 0 aliphatic carbocycles. The van der Waals surface area contributed by atoms with Gasteiger partial charge < -0.3 is 5.32 Å². The van der Waals surface area contributed by atoms with Gasteiger partial charge in [0.05, 0.1) is 0 Å². The minimum absolute atomic E-state index is 0.639. The summed E-state index contributed by atoms with van der Waals surface area (Å²) in [6, 6.07) is 12.9. The van der Waals surface area contributed by atoms with Crippen LogP contribution in [0, 0.1) is 0 Å². The van der Waals surface area contributed by atoms with Crippen molar-refractivity contribution < 1.29 is 0 Å². The highest BCUT2D eigenvalue weighted by Gasteiger charge is 2.27. The number of piperidine rings is 1. The van der Waals surface area contributed by atoms with Gasteiger partial charge in [0.25, 0.3) is 0 Å². The van der Waals surface area contributed by atoms with Crippen molar-refractivity contribution in [3.8, 4) is 0 Å². The van der Waals surface area contributed by atoms with E-state index >= 15 is 0 Å². The third kappa shape index (κ3) is 4.05. The topological polar surface area (TPSA) is 15.3 Å². The van der Waals surface area contributed by atoms with E-state index in [1.807, 2.05) is 0 Å². The molecule has 0 saturated carbocycles. The Labute approximate surface area is 118 Å². The Kier molecular flexibility index (Phi) is 5.41. The van der Waals surface area contributed by atoms with Crippen molar-refractivity contribution in [2.75, 3.05) is 13.1 Å². The fraction of sp³-hybridized carbons (Fsp3) is 0.647. The molecule has 19 heavy (non-hydrogen) atoms. The first-order chi connectivity index (χ1) is 9.20. The van der Waals surface area contributed by atoms with Crippen LogP contribution in [0.3, 0.4) is 0 Å². The molecule has 3 unspecified atom stereocenters. The Morgan fingerprint density at radius 3 is 2.68 bits per heavy atom. The van der Waals surface area contributed by atoms with Gasteiger partial charge in [-0.2, -0.15) is 0 Å². The predicted molar refractivity (Wildman–Crippen MR) is 82.5 cm³/mol. The van der Waals surface area contributed by atoms with Gasteiger partial charge >= 0.3 is 0 Å². The molecule has 1 aliphatic heterocycles. The monoisotopic (exact) mass is 260 g/mol. The van der Waals surface area contributed by atoms with E-state index in [4.69, 9.17) is 0 Å². The Bertz CT molecular complexity index is 363. The molecule has 1 aliphatic rings. The van der Waals surface area contributed by atoms with Gasteiger partial charge in [0.1, 0.15) is 0 Å². The van der Waals surface area contributed by atoms with Crippen molar-refractivity contribution >= 4 is 0 Å². The van der Waals surface area contributed by atoms with Gasteiger partial charge in [-0.1, -0.05) is 37.3 Å². The molecule has 2 nitrogen and oxygen atoms in total. The van der Waals surface area contributed by atoms with Crippen molar-refractivity contribution in [1.82, 2.24) is 10.2 Å². The SMILES string of the molecule is CCNC1CCN(C(C)Cc2ccccc2)C(C)C1. The second-order valence-electron chi connectivity index (χ2n) is 5.90. The van der Waals surface area contributed by atoms with Crippen molar-refractivity contribution in [3.63, 3.8) is 0 Å². The molecule has 2 heteroatoms. The predicted octanol–water partition coefficient (Wildman–Crippen LogP) is 3.08. The molecule has 0 amide bonds. The molecule has 0 bridgehead atoms. The van der Waals surface area contributed by atoms with Crippen LogP contribution in [-0.4, -0.2) is 36.1 Å². The second kappa shape index (κ2) is 7.06. The molecular formula is C17H28N2. The zero-order valence-corrected chi connectivity index (χ0v) is 12.6.